The number of fused-ring (bicyclic) bond motifs is 2. The molecule has 5 aromatic heterocycles. The van der Waals surface area contributed by atoms with Crippen LogP contribution in [0.25, 0.3) is 56.0 Å². The summed E-state index contributed by atoms with van der Waals surface area (Å²) >= 11 is 0. The summed E-state index contributed by atoms with van der Waals surface area (Å²) in [5.41, 5.74) is 7.66. The van der Waals surface area contributed by atoms with E-state index in [-0.39, 0.29) is 0 Å². The lowest BCUT2D eigenvalue weighted by molar-refractivity contribution is 0.261. The number of benzene rings is 1. The minimum absolute atomic E-state index is 0.587. The second kappa shape index (κ2) is 9.20. The summed E-state index contributed by atoms with van der Waals surface area (Å²) in [6.07, 6.45) is 7.11. The molecule has 0 amide bonds. The van der Waals surface area contributed by atoms with Crippen LogP contribution in [-0.2, 0) is 0 Å². The molecule has 5 heterocycles. The van der Waals surface area contributed by atoms with E-state index < -0.39 is 0 Å². The molecule has 0 saturated heterocycles. The zero-order chi connectivity index (χ0) is 24.5. The maximum atomic E-state index is 5.86. The molecule has 0 bridgehead atoms. The van der Waals surface area contributed by atoms with E-state index in [0.29, 0.717) is 23.9 Å². The highest BCUT2D eigenvalue weighted by Gasteiger charge is 2.17. The van der Waals surface area contributed by atoms with Crippen molar-refractivity contribution in [3.8, 4) is 39.7 Å². The fourth-order valence-electron chi connectivity index (χ4n) is 4.11. The molecule has 0 fully saturated rings. The minimum atomic E-state index is 0.587. The fourth-order valence-corrected chi connectivity index (χ4v) is 4.11. The van der Waals surface area contributed by atoms with Crippen LogP contribution in [0.3, 0.4) is 0 Å². The monoisotopic (exact) mass is 476 g/mol. The van der Waals surface area contributed by atoms with E-state index in [1.54, 1.807) is 18.6 Å². The molecule has 0 spiro atoms. The van der Waals surface area contributed by atoms with E-state index in [4.69, 9.17) is 14.7 Å². The third-order valence-electron chi connectivity index (χ3n) is 5.93. The van der Waals surface area contributed by atoms with Gasteiger partial charge in [0.25, 0.3) is 0 Å². The summed E-state index contributed by atoms with van der Waals surface area (Å²) in [5.74, 6) is 1.36. The number of pyridine rings is 3. The van der Waals surface area contributed by atoms with Crippen LogP contribution in [0.5, 0.6) is 5.75 Å². The van der Waals surface area contributed by atoms with Crippen LogP contribution < -0.4 is 4.74 Å². The smallest absolute Gasteiger partial charge is 0.161 e. The molecule has 178 valence electrons. The number of ether oxygens (including phenoxy) is 1. The van der Waals surface area contributed by atoms with Crippen LogP contribution in [0.15, 0.2) is 73.3 Å². The quantitative estimate of drug-likeness (QED) is 0.348. The lowest BCUT2D eigenvalue weighted by Crippen LogP contribution is -2.19. The average molecular weight is 477 g/mol. The van der Waals surface area contributed by atoms with Crippen molar-refractivity contribution in [2.45, 2.75) is 0 Å². The summed E-state index contributed by atoms with van der Waals surface area (Å²) in [4.78, 5) is 23.9. The van der Waals surface area contributed by atoms with Gasteiger partial charge >= 0.3 is 0 Å². The van der Waals surface area contributed by atoms with Gasteiger partial charge in [0.15, 0.2) is 11.5 Å². The molecular formula is C27H24N8O. The molecule has 2 N–H and O–H groups in total. The molecule has 36 heavy (non-hydrogen) atoms. The van der Waals surface area contributed by atoms with E-state index in [1.807, 2.05) is 68.8 Å². The Balaban J connectivity index is 1.38. The fraction of sp³-hybridized carbons (Fsp3) is 0.148. The zero-order valence-corrected chi connectivity index (χ0v) is 19.9. The molecule has 6 aromatic rings. The van der Waals surface area contributed by atoms with Crippen molar-refractivity contribution in [3.05, 3.63) is 73.3 Å². The van der Waals surface area contributed by atoms with Gasteiger partial charge in [0.1, 0.15) is 17.9 Å². The number of H-pyrrole nitrogens is 2. The first-order chi connectivity index (χ1) is 17.7. The molecule has 9 nitrogen and oxygen atoms in total. The van der Waals surface area contributed by atoms with Gasteiger partial charge in [-0.25, -0.2) is 9.97 Å². The van der Waals surface area contributed by atoms with Gasteiger partial charge in [0.05, 0.1) is 28.4 Å². The molecule has 0 atom stereocenters. The van der Waals surface area contributed by atoms with Crippen LogP contribution in [-0.4, -0.2) is 67.3 Å². The molecule has 0 aliphatic rings. The summed E-state index contributed by atoms with van der Waals surface area (Å²) in [7, 11) is 4.03. The van der Waals surface area contributed by atoms with Gasteiger partial charge in [-0.3, -0.25) is 15.1 Å². The van der Waals surface area contributed by atoms with Gasteiger partial charge in [0, 0.05) is 41.8 Å². The van der Waals surface area contributed by atoms with Gasteiger partial charge in [-0.2, -0.15) is 5.10 Å². The first-order valence-electron chi connectivity index (χ1n) is 11.6. The van der Waals surface area contributed by atoms with Gasteiger partial charge < -0.3 is 14.6 Å². The summed E-state index contributed by atoms with van der Waals surface area (Å²) in [5, 5.41) is 7.61. The van der Waals surface area contributed by atoms with Gasteiger partial charge in [-0.15, -0.1) is 0 Å². The Bertz CT molecular complexity index is 1660. The number of nitrogens with zero attached hydrogens (tertiary/aromatic N) is 6. The molecule has 1 aromatic carbocycles. The maximum Gasteiger partial charge on any atom is 0.161 e. The van der Waals surface area contributed by atoms with Crippen molar-refractivity contribution in [1.82, 2.24) is 40.0 Å². The standard InChI is InChI=1S/C27H24N8O/c1-35(2)11-12-36-19-13-18(15-29-16-19)21-8-9-23-25(30-21)26(34-33-23)27-31-22-7-3-6-20(24(22)32-27)17-5-4-10-28-14-17/h3-10,13-16H,11-12H2,1-2H3,(H,31,32)(H,33,34). The van der Waals surface area contributed by atoms with Crippen molar-refractivity contribution >= 4 is 22.1 Å². The van der Waals surface area contributed by atoms with Crippen LogP contribution in [0, 0.1) is 0 Å². The topological polar surface area (TPSA) is 109 Å². The first-order valence-corrected chi connectivity index (χ1v) is 11.6. The molecule has 0 aliphatic heterocycles. The normalized spacial score (nSPS) is 11.5. The summed E-state index contributed by atoms with van der Waals surface area (Å²) < 4.78 is 5.86. The number of rotatable bonds is 7. The van der Waals surface area contributed by atoms with E-state index in [2.05, 4.69) is 30.0 Å². The number of nitrogens with one attached hydrogen (secondary N) is 2. The first kappa shape index (κ1) is 21.9. The molecule has 0 radical (unpaired) electrons. The van der Waals surface area contributed by atoms with E-state index in [9.17, 15) is 0 Å². The van der Waals surface area contributed by atoms with Gasteiger partial charge in [-0.1, -0.05) is 18.2 Å². The number of hydrogen-bond donors (Lipinski definition) is 2. The number of likely N-dealkylation sites (N-methyl/N-ethyl adjacent to an activating group) is 1. The number of imidazole rings is 1. The second-order valence-corrected chi connectivity index (χ2v) is 8.75. The van der Waals surface area contributed by atoms with E-state index >= 15 is 0 Å². The number of hydrogen-bond acceptors (Lipinski definition) is 7. The van der Waals surface area contributed by atoms with Crippen molar-refractivity contribution in [1.29, 1.82) is 0 Å². The van der Waals surface area contributed by atoms with Crippen molar-refractivity contribution in [2.75, 3.05) is 27.2 Å². The maximum absolute atomic E-state index is 5.86. The Kier molecular flexibility index (Phi) is 5.59. The Morgan fingerprint density at radius 2 is 1.78 bits per heavy atom. The Hall–Kier alpha value is -4.63. The predicted molar refractivity (Wildman–Crippen MR) is 139 cm³/mol. The number of aromatic amines is 2. The molecule has 6 rings (SSSR count). The highest BCUT2D eigenvalue weighted by Crippen LogP contribution is 2.31. The highest BCUT2D eigenvalue weighted by molar-refractivity contribution is 5.96. The molecule has 9 heteroatoms. The van der Waals surface area contributed by atoms with Gasteiger partial charge in [-0.05, 0) is 44.4 Å². The average Bonchev–Trinajstić information content (AvgIpc) is 3.53. The second-order valence-electron chi connectivity index (χ2n) is 8.75. The highest BCUT2D eigenvalue weighted by atomic mass is 16.5. The van der Waals surface area contributed by atoms with Crippen LogP contribution in [0.4, 0.5) is 0 Å². The summed E-state index contributed by atoms with van der Waals surface area (Å²) in [6, 6.07) is 15.9. The van der Waals surface area contributed by atoms with Gasteiger partial charge in [0.2, 0.25) is 0 Å². The molecule has 0 saturated carbocycles. The molecule has 0 unspecified atom stereocenters. The molecule has 0 aliphatic carbocycles. The SMILES string of the molecule is CN(C)CCOc1cncc(-c2ccc3[nH]nc(-c4nc5c(-c6cccnc6)cccc5[nH]4)c3n2)c1. The predicted octanol–water partition coefficient (Wildman–Crippen LogP) is 4.57. The number of aromatic nitrogens is 7. The van der Waals surface area contributed by atoms with E-state index in [0.717, 1.165) is 51.0 Å². The Morgan fingerprint density at radius 1 is 0.861 bits per heavy atom. The molecular weight excluding hydrogens is 452 g/mol. The minimum Gasteiger partial charge on any atom is -0.491 e. The summed E-state index contributed by atoms with van der Waals surface area (Å²) in [6.45, 7) is 1.41. The van der Waals surface area contributed by atoms with Crippen molar-refractivity contribution < 1.29 is 4.74 Å². The van der Waals surface area contributed by atoms with Crippen molar-refractivity contribution in [2.24, 2.45) is 0 Å². The van der Waals surface area contributed by atoms with E-state index in [1.165, 1.54) is 0 Å². The third-order valence-corrected chi connectivity index (χ3v) is 5.93. The Morgan fingerprint density at radius 3 is 2.64 bits per heavy atom. The van der Waals surface area contributed by atoms with Crippen LogP contribution >= 0.6 is 0 Å². The van der Waals surface area contributed by atoms with Crippen molar-refractivity contribution in [3.63, 3.8) is 0 Å². The van der Waals surface area contributed by atoms with Crippen LogP contribution in [0.2, 0.25) is 0 Å². The zero-order valence-electron chi connectivity index (χ0n) is 19.9. The third kappa shape index (κ3) is 4.16. The lowest BCUT2D eigenvalue weighted by Gasteiger charge is -2.11. The largest absolute Gasteiger partial charge is 0.491 e. The van der Waals surface area contributed by atoms with Crippen LogP contribution in [0.1, 0.15) is 0 Å². The lowest BCUT2D eigenvalue weighted by atomic mass is 10.1. The number of para-hydroxylation sites is 1. The Labute approximate surface area is 207 Å².